The number of rotatable bonds is 3. The first-order chi connectivity index (χ1) is 9.51. The number of aromatic nitrogens is 1. The van der Waals surface area contributed by atoms with E-state index in [4.69, 9.17) is 5.73 Å². The number of nitrogens with one attached hydrogen (secondary N) is 1. The van der Waals surface area contributed by atoms with Crippen molar-refractivity contribution in [2.24, 2.45) is 0 Å². The van der Waals surface area contributed by atoms with E-state index in [9.17, 15) is 5.26 Å². The van der Waals surface area contributed by atoms with Crippen LogP contribution in [0, 0.1) is 25.2 Å². The minimum atomic E-state index is 0.0619. The van der Waals surface area contributed by atoms with E-state index < -0.39 is 0 Å². The Hall–Kier alpha value is -2.54. The first-order valence-corrected chi connectivity index (χ1v) is 6.51. The molecular weight excluding hydrogens is 248 g/mol. The summed E-state index contributed by atoms with van der Waals surface area (Å²) < 4.78 is 0. The van der Waals surface area contributed by atoms with Gasteiger partial charge >= 0.3 is 0 Å². The lowest BCUT2D eigenvalue weighted by atomic mass is 10.1. The van der Waals surface area contributed by atoms with Crippen LogP contribution in [0.1, 0.15) is 35.5 Å². The number of aryl methyl sites for hydroxylation is 2. The molecule has 1 atom stereocenters. The van der Waals surface area contributed by atoms with Crippen LogP contribution in [0.15, 0.2) is 30.3 Å². The molecule has 102 valence electrons. The summed E-state index contributed by atoms with van der Waals surface area (Å²) in [5.41, 5.74) is 10.7. The minimum Gasteiger partial charge on any atom is -0.399 e. The Bertz CT molecular complexity index is 671. The number of nitrogen functional groups attached to an aromatic ring is 1. The lowest BCUT2D eigenvalue weighted by Gasteiger charge is -2.18. The van der Waals surface area contributed by atoms with Crippen molar-refractivity contribution in [3.8, 4) is 6.07 Å². The Morgan fingerprint density at radius 2 is 2.05 bits per heavy atom. The monoisotopic (exact) mass is 266 g/mol. The van der Waals surface area contributed by atoms with Crippen molar-refractivity contribution < 1.29 is 0 Å². The lowest BCUT2D eigenvalue weighted by molar-refractivity contribution is 0.881. The van der Waals surface area contributed by atoms with Gasteiger partial charge in [-0.1, -0.05) is 12.1 Å². The van der Waals surface area contributed by atoms with Gasteiger partial charge < -0.3 is 11.1 Å². The third-order valence-corrected chi connectivity index (χ3v) is 3.22. The van der Waals surface area contributed by atoms with Gasteiger partial charge in [-0.15, -0.1) is 0 Å². The van der Waals surface area contributed by atoms with Crippen LogP contribution in [0.25, 0.3) is 0 Å². The molecule has 0 radical (unpaired) electrons. The molecule has 0 saturated heterocycles. The van der Waals surface area contributed by atoms with E-state index in [1.54, 1.807) is 0 Å². The molecule has 4 nitrogen and oxygen atoms in total. The summed E-state index contributed by atoms with van der Waals surface area (Å²) >= 11 is 0. The molecular formula is C16H18N4. The molecule has 2 rings (SSSR count). The van der Waals surface area contributed by atoms with E-state index in [0.717, 1.165) is 28.3 Å². The van der Waals surface area contributed by atoms with Crippen molar-refractivity contribution in [3.63, 3.8) is 0 Å². The predicted molar refractivity (Wildman–Crippen MR) is 81.3 cm³/mol. The molecule has 0 aliphatic carbocycles. The fourth-order valence-corrected chi connectivity index (χ4v) is 2.23. The maximum absolute atomic E-state index is 9.27. The topological polar surface area (TPSA) is 74.7 Å². The summed E-state index contributed by atoms with van der Waals surface area (Å²) in [5, 5.41) is 12.6. The van der Waals surface area contributed by atoms with E-state index in [2.05, 4.69) is 16.4 Å². The Morgan fingerprint density at radius 1 is 1.30 bits per heavy atom. The maximum Gasteiger partial charge on any atom is 0.103 e. The van der Waals surface area contributed by atoms with Crippen LogP contribution in [0.4, 0.5) is 11.4 Å². The zero-order valence-corrected chi connectivity index (χ0v) is 11.9. The van der Waals surface area contributed by atoms with Gasteiger partial charge in [0.15, 0.2) is 0 Å². The average molecular weight is 266 g/mol. The van der Waals surface area contributed by atoms with Crippen LogP contribution >= 0.6 is 0 Å². The maximum atomic E-state index is 9.27. The van der Waals surface area contributed by atoms with Crippen LogP contribution in [-0.4, -0.2) is 4.98 Å². The van der Waals surface area contributed by atoms with Crippen molar-refractivity contribution in [3.05, 3.63) is 52.8 Å². The number of nitriles is 1. The molecule has 2 aromatic rings. The molecule has 1 aromatic heterocycles. The summed E-state index contributed by atoms with van der Waals surface area (Å²) in [6.45, 7) is 5.81. The standard InChI is InChI=1S/C16H18N4/c1-10-7-16(15(9-17)12(3)19-10)20-11(2)13-5-4-6-14(18)8-13/h4-8,11H,18H2,1-3H3,(H,19,20). The second-order valence-electron chi connectivity index (χ2n) is 4.92. The van der Waals surface area contributed by atoms with Gasteiger partial charge in [-0.2, -0.15) is 5.26 Å². The Morgan fingerprint density at radius 3 is 2.70 bits per heavy atom. The molecule has 0 spiro atoms. The molecule has 1 heterocycles. The van der Waals surface area contributed by atoms with E-state index in [-0.39, 0.29) is 6.04 Å². The summed E-state index contributed by atoms with van der Waals surface area (Å²) in [4.78, 5) is 4.32. The van der Waals surface area contributed by atoms with Crippen molar-refractivity contribution in [1.29, 1.82) is 5.26 Å². The van der Waals surface area contributed by atoms with Crippen molar-refractivity contribution in [1.82, 2.24) is 4.98 Å². The largest absolute Gasteiger partial charge is 0.399 e. The molecule has 0 bridgehead atoms. The molecule has 20 heavy (non-hydrogen) atoms. The molecule has 0 saturated carbocycles. The van der Waals surface area contributed by atoms with Gasteiger partial charge in [0.05, 0.1) is 16.9 Å². The SMILES string of the molecule is Cc1cc(NC(C)c2cccc(N)c2)c(C#N)c(C)n1. The number of hydrogen-bond acceptors (Lipinski definition) is 4. The highest BCUT2D eigenvalue weighted by Gasteiger charge is 2.12. The van der Waals surface area contributed by atoms with Crippen molar-refractivity contribution in [2.45, 2.75) is 26.8 Å². The lowest BCUT2D eigenvalue weighted by Crippen LogP contribution is -2.09. The molecule has 0 fully saturated rings. The number of benzene rings is 1. The van der Waals surface area contributed by atoms with Crippen LogP contribution in [-0.2, 0) is 0 Å². The van der Waals surface area contributed by atoms with Gasteiger partial charge in [-0.25, -0.2) is 0 Å². The van der Waals surface area contributed by atoms with E-state index in [1.165, 1.54) is 0 Å². The third kappa shape index (κ3) is 2.89. The summed E-state index contributed by atoms with van der Waals surface area (Å²) in [6.07, 6.45) is 0. The quantitative estimate of drug-likeness (QED) is 0.836. The average Bonchev–Trinajstić information content (AvgIpc) is 2.38. The zero-order chi connectivity index (χ0) is 14.7. The molecule has 1 aromatic carbocycles. The fraction of sp³-hybridized carbons (Fsp3) is 0.250. The minimum absolute atomic E-state index is 0.0619. The van der Waals surface area contributed by atoms with Gasteiger partial charge in [0.25, 0.3) is 0 Å². The highest BCUT2D eigenvalue weighted by Crippen LogP contribution is 2.25. The second kappa shape index (κ2) is 5.62. The van der Waals surface area contributed by atoms with Crippen molar-refractivity contribution in [2.75, 3.05) is 11.1 Å². The zero-order valence-electron chi connectivity index (χ0n) is 11.9. The Labute approximate surface area is 119 Å². The summed E-state index contributed by atoms with van der Waals surface area (Å²) in [6, 6.07) is 11.9. The van der Waals surface area contributed by atoms with E-state index in [0.29, 0.717) is 5.56 Å². The first kappa shape index (κ1) is 13.9. The number of pyridine rings is 1. The van der Waals surface area contributed by atoms with Crippen LogP contribution in [0.2, 0.25) is 0 Å². The number of nitrogens with two attached hydrogens (primary N) is 1. The van der Waals surface area contributed by atoms with Crippen LogP contribution in [0.5, 0.6) is 0 Å². The molecule has 0 amide bonds. The highest BCUT2D eigenvalue weighted by atomic mass is 14.9. The van der Waals surface area contributed by atoms with E-state index >= 15 is 0 Å². The molecule has 0 aliphatic rings. The van der Waals surface area contributed by atoms with Gasteiger partial charge in [-0.05, 0) is 44.5 Å². The number of nitrogens with zero attached hydrogens (tertiary/aromatic N) is 2. The number of anilines is 2. The Kier molecular flexibility index (Phi) is 3.90. The molecule has 1 unspecified atom stereocenters. The Balaban J connectivity index is 2.33. The van der Waals surface area contributed by atoms with E-state index in [1.807, 2.05) is 51.1 Å². The highest BCUT2D eigenvalue weighted by molar-refractivity contribution is 5.61. The van der Waals surface area contributed by atoms with Crippen molar-refractivity contribution >= 4 is 11.4 Å². The fourth-order valence-electron chi connectivity index (χ4n) is 2.23. The van der Waals surface area contributed by atoms with Gasteiger partial charge in [0, 0.05) is 17.4 Å². The summed E-state index contributed by atoms with van der Waals surface area (Å²) in [7, 11) is 0. The van der Waals surface area contributed by atoms with Crippen LogP contribution < -0.4 is 11.1 Å². The van der Waals surface area contributed by atoms with Gasteiger partial charge in [-0.3, -0.25) is 4.98 Å². The van der Waals surface area contributed by atoms with Gasteiger partial charge in [0.1, 0.15) is 6.07 Å². The molecule has 3 N–H and O–H groups in total. The summed E-state index contributed by atoms with van der Waals surface area (Å²) in [5.74, 6) is 0. The van der Waals surface area contributed by atoms with Gasteiger partial charge in [0.2, 0.25) is 0 Å². The normalized spacial score (nSPS) is 11.7. The first-order valence-electron chi connectivity index (χ1n) is 6.51. The smallest absolute Gasteiger partial charge is 0.103 e. The molecule has 0 aliphatic heterocycles. The molecule has 4 heteroatoms. The second-order valence-corrected chi connectivity index (χ2v) is 4.92. The number of hydrogen-bond donors (Lipinski definition) is 2. The van der Waals surface area contributed by atoms with Crippen LogP contribution in [0.3, 0.4) is 0 Å². The third-order valence-electron chi connectivity index (χ3n) is 3.22. The predicted octanol–water partition coefficient (Wildman–Crippen LogP) is 3.33.